The Morgan fingerprint density at radius 3 is 2.66 bits per heavy atom. The number of allylic oxidation sites excluding steroid dienone is 1. The lowest BCUT2D eigenvalue weighted by Gasteiger charge is -2.65. The van der Waals surface area contributed by atoms with E-state index in [0.29, 0.717) is 18.3 Å². The predicted octanol–water partition coefficient (Wildman–Crippen LogP) is 3.83. The number of halogens is 1. The Balaban J connectivity index is 1.95. The number of carbonyl (C=O) groups is 2. The molecule has 1 aromatic carbocycles. The molecular weight excluding hydrogens is 396 g/mol. The van der Waals surface area contributed by atoms with Gasteiger partial charge in [0.25, 0.3) is 0 Å². The number of rotatable bonds is 5. The molecule has 0 bridgehead atoms. The molecule has 0 saturated heterocycles. The first-order chi connectivity index (χ1) is 13.6. The molecule has 0 spiro atoms. The summed E-state index contributed by atoms with van der Waals surface area (Å²) in [6.45, 7) is 7.59. The first-order valence-corrected chi connectivity index (χ1v) is 10.1. The number of phenols is 1. The zero-order chi connectivity index (χ0) is 21.7. The fourth-order valence-electron chi connectivity index (χ4n) is 5.40. The number of ether oxygens (including phenoxy) is 2. The average molecular weight is 423 g/mol. The molecule has 2 aliphatic carbocycles. The van der Waals surface area contributed by atoms with E-state index in [9.17, 15) is 19.8 Å². The molecule has 0 amide bonds. The Kier molecular flexibility index (Phi) is 5.47. The van der Waals surface area contributed by atoms with Crippen molar-refractivity contribution in [3.8, 4) is 11.5 Å². The van der Waals surface area contributed by atoms with Crippen molar-refractivity contribution >= 4 is 23.9 Å². The van der Waals surface area contributed by atoms with Crippen LogP contribution in [0.5, 0.6) is 11.5 Å². The molecule has 0 aliphatic heterocycles. The van der Waals surface area contributed by atoms with E-state index in [4.69, 9.17) is 21.1 Å². The minimum Gasteiger partial charge on any atom is -0.507 e. The maximum atomic E-state index is 12.9. The van der Waals surface area contributed by atoms with Gasteiger partial charge in [-0.1, -0.05) is 44.9 Å². The number of benzene rings is 1. The van der Waals surface area contributed by atoms with E-state index >= 15 is 0 Å². The van der Waals surface area contributed by atoms with Crippen molar-refractivity contribution < 1.29 is 29.3 Å². The normalized spacial score (nSPS) is 33.2. The van der Waals surface area contributed by atoms with Gasteiger partial charge in [0.05, 0.1) is 12.1 Å². The van der Waals surface area contributed by atoms with E-state index in [1.165, 1.54) is 13.2 Å². The minimum atomic E-state index is -1.56. The zero-order valence-electron chi connectivity index (χ0n) is 17.3. The summed E-state index contributed by atoms with van der Waals surface area (Å²) in [4.78, 5) is 24.6. The van der Waals surface area contributed by atoms with Crippen LogP contribution in [-0.4, -0.2) is 41.3 Å². The van der Waals surface area contributed by atoms with E-state index in [2.05, 4.69) is 0 Å². The number of aromatic hydroxyl groups is 1. The summed E-state index contributed by atoms with van der Waals surface area (Å²) in [5.74, 6) is -0.601. The molecule has 5 unspecified atom stereocenters. The Morgan fingerprint density at radius 2 is 2.10 bits per heavy atom. The van der Waals surface area contributed by atoms with Gasteiger partial charge in [-0.15, -0.1) is 0 Å². The number of aldehydes is 1. The highest BCUT2D eigenvalue weighted by Crippen LogP contribution is 2.63. The summed E-state index contributed by atoms with van der Waals surface area (Å²) in [5.41, 5.74) is -1.66. The number of esters is 1. The van der Waals surface area contributed by atoms with Crippen LogP contribution in [0, 0.1) is 24.2 Å². The molecule has 0 aromatic heterocycles. The largest absolute Gasteiger partial charge is 0.507 e. The highest BCUT2D eigenvalue weighted by atomic mass is 35.5. The van der Waals surface area contributed by atoms with Gasteiger partial charge < -0.3 is 19.7 Å². The fourth-order valence-corrected chi connectivity index (χ4v) is 5.63. The third kappa shape index (κ3) is 2.88. The van der Waals surface area contributed by atoms with Crippen molar-refractivity contribution in [1.82, 2.24) is 0 Å². The number of carbonyl (C=O) groups excluding carboxylic acids is 2. The molecule has 6 nitrogen and oxygen atoms in total. The summed E-state index contributed by atoms with van der Waals surface area (Å²) < 4.78 is 10.7. The summed E-state index contributed by atoms with van der Waals surface area (Å²) in [6.07, 6.45) is 2.78. The molecule has 3 rings (SSSR count). The van der Waals surface area contributed by atoms with Crippen molar-refractivity contribution in [1.29, 1.82) is 0 Å². The smallest absolute Gasteiger partial charge is 0.342 e. The van der Waals surface area contributed by atoms with Crippen LogP contribution in [0.4, 0.5) is 0 Å². The lowest BCUT2D eigenvalue weighted by molar-refractivity contribution is -0.248. The number of phenolic OH excluding ortho intramolecular Hbond substituents is 1. The Morgan fingerprint density at radius 1 is 1.45 bits per heavy atom. The van der Waals surface area contributed by atoms with Gasteiger partial charge in [-0.2, -0.15) is 0 Å². The van der Waals surface area contributed by atoms with Gasteiger partial charge in [-0.3, -0.25) is 4.79 Å². The summed E-state index contributed by atoms with van der Waals surface area (Å²) in [6, 6.07) is 1.25. The van der Waals surface area contributed by atoms with Crippen molar-refractivity contribution in [2.24, 2.45) is 17.3 Å². The van der Waals surface area contributed by atoms with E-state index < -0.39 is 23.1 Å². The highest BCUT2D eigenvalue weighted by Gasteiger charge is 2.70. The van der Waals surface area contributed by atoms with Gasteiger partial charge in [-0.25, -0.2) is 4.79 Å². The first kappa shape index (κ1) is 21.7. The monoisotopic (exact) mass is 422 g/mol. The van der Waals surface area contributed by atoms with Crippen molar-refractivity contribution in [3.63, 3.8) is 0 Å². The van der Waals surface area contributed by atoms with E-state index in [0.717, 1.165) is 6.42 Å². The molecule has 1 saturated carbocycles. The fraction of sp³-hybridized carbons (Fsp3) is 0.545. The predicted molar refractivity (Wildman–Crippen MR) is 108 cm³/mol. The number of aliphatic hydroxyl groups is 1. The second-order valence-electron chi connectivity index (χ2n) is 8.31. The quantitative estimate of drug-likeness (QED) is 0.553. The molecule has 29 heavy (non-hydrogen) atoms. The summed E-state index contributed by atoms with van der Waals surface area (Å²) in [5, 5.41) is 22.0. The molecular formula is C22H27ClO6. The van der Waals surface area contributed by atoms with Gasteiger partial charge in [0.1, 0.15) is 35.1 Å². The molecule has 2 aliphatic rings. The van der Waals surface area contributed by atoms with E-state index in [1.807, 2.05) is 20.8 Å². The summed E-state index contributed by atoms with van der Waals surface area (Å²) in [7, 11) is 1.41. The number of hydrogen-bond donors (Lipinski definition) is 2. The molecule has 1 aromatic rings. The zero-order valence-corrected chi connectivity index (χ0v) is 18.0. The number of methoxy groups -OCH3 is 1. The van der Waals surface area contributed by atoms with Gasteiger partial charge >= 0.3 is 5.97 Å². The molecule has 5 atom stereocenters. The van der Waals surface area contributed by atoms with E-state index in [-0.39, 0.29) is 39.5 Å². The number of hydrogen-bond acceptors (Lipinski definition) is 6. The first-order valence-electron chi connectivity index (χ1n) is 9.73. The molecule has 7 heteroatoms. The topological polar surface area (TPSA) is 93.1 Å². The maximum Gasteiger partial charge on any atom is 0.342 e. The van der Waals surface area contributed by atoms with Crippen LogP contribution in [0.3, 0.4) is 0 Å². The van der Waals surface area contributed by atoms with Gasteiger partial charge in [-0.05, 0) is 30.7 Å². The molecule has 158 valence electrons. The van der Waals surface area contributed by atoms with Gasteiger partial charge in [0.2, 0.25) is 0 Å². The van der Waals surface area contributed by atoms with Crippen LogP contribution < -0.4 is 4.74 Å². The standard InChI is InChI=1S/C22H27ClO6/c1-6-14-11(2)7-13(10-24)22(27)17(9-21(14,22)4)29-20(26)18-12(3)19(23)16(28-5)8-15(18)25/h7-8,10-11,14,17,25,27H,6,9H2,1-5H3. The lowest BCUT2D eigenvalue weighted by Crippen LogP contribution is -2.73. The van der Waals surface area contributed by atoms with Crippen LogP contribution in [0.2, 0.25) is 5.02 Å². The van der Waals surface area contributed by atoms with Crippen LogP contribution in [0.15, 0.2) is 17.7 Å². The Bertz CT molecular complexity index is 894. The Hall–Kier alpha value is -2.05. The Labute approximate surface area is 175 Å². The maximum absolute atomic E-state index is 12.9. The second kappa shape index (κ2) is 7.33. The van der Waals surface area contributed by atoms with Crippen LogP contribution in [0.25, 0.3) is 0 Å². The molecule has 0 heterocycles. The third-order valence-electron chi connectivity index (χ3n) is 6.97. The average Bonchev–Trinajstić information content (AvgIpc) is 2.67. The van der Waals surface area contributed by atoms with Crippen LogP contribution in [-0.2, 0) is 9.53 Å². The van der Waals surface area contributed by atoms with E-state index in [1.54, 1.807) is 13.0 Å². The van der Waals surface area contributed by atoms with Crippen LogP contribution in [0.1, 0.15) is 49.5 Å². The van der Waals surface area contributed by atoms with Crippen molar-refractivity contribution in [3.05, 3.63) is 33.9 Å². The minimum absolute atomic E-state index is 0.0825. The third-order valence-corrected chi connectivity index (χ3v) is 7.44. The van der Waals surface area contributed by atoms with Crippen molar-refractivity contribution in [2.75, 3.05) is 7.11 Å². The molecule has 1 fully saturated rings. The SMILES string of the molecule is CCC1C(C)C=C(C=O)C2(O)C(OC(=O)c3c(O)cc(OC)c(Cl)c3C)CC12C. The summed E-state index contributed by atoms with van der Waals surface area (Å²) >= 11 is 6.21. The van der Waals surface area contributed by atoms with Gasteiger partial charge in [0, 0.05) is 17.1 Å². The van der Waals surface area contributed by atoms with Gasteiger partial charge in [0.15, 0.2) is 0 Å². The van der Waals surface area contributed by atoms with Crippen LogP contribution >= 0.6 is 11.6 Å². The lowest BCUT2D eigenvalue weighted by atomic mass is 9.43. The highest BCUT2D eigenvalue weighted by molar-refractivity contribution is 6.33. The molecule has 0 radical (unpaired) electrons. The van der Waals surface area contributed by atoms with Crippen molar-refractivity contribution in [2.45, 2.75) is 52.2 Å². The second-order valence-corrected chi connectivity index (χ2v) is 8.69. The molecule has 2 N–H and O–H groups in total. The number of fused-ring (bicyclic) bond motifs is 1.